The molecule has 0 aromatic rings. The number of nitrogens with zero attached hydrogens (tertiary/aromatic N) is 1. The highest BCUT2D eigenvalue weighted by atomic mass is 32.2. The molecule has 1 fully saturated rings. The minimum absolute atomic E-state index is 0.177. The molecular formula is C9H18N2OS. The van der Waals surface area contributed by atoms with Crippen molar-refractivity contribution < 1.29 is 4.79 Å². The van der Waals surface area contributed by atoms with Crippen LogP contribution in [0.1, 0.15) is 19.8 Å². The molecule has 76 valence electrons. The molecule has 1 unspecified atom stereocenters. The largest absolute Gasteiger partial charge is 0.343 e. The van der Waals surface area contributed by atoms with E-state index in [-0.39, 0.29) is 10.7 Å². The number of carbonyl (C=O) groups is 1. The van der Waals surface area contributed by atoms with Gasteiger partial charge in [0.15, 0.2) is 0 Å². The first-order valence-electron chi connectivity index (χ1n) is 4.70. The van der Waals surface area contributed by atoms with Gasteiger partial charge in [0.05, 0.1) is 4.75 Å². The van der Waals surface area contributed by atoms with Gasteiger partial charge in [-0.1, -0.05) is 0 Å². The van der Waals surface area contributed by atoms with E-state index in [0.29, 0.717) is 13.1 Å². The van der Waals surface area contributed by atoms with Gasteiger partial charge in [0.25, 0.3) is 0 Å². The Labute approximate surface area is 84.0 Å². The van der Waals surface area contributed by atoms with Crippen molar-refractivity contribution in [1.82, 2.24) is 4.90 Å². The Morgan fingerprint density at radius 3 is 2.85 bits per heavy atom. The van der Waals surface area contributed by atoms with Crippen LogP contribution in [0, 0.1) is 0 Å². The maximum absolute atomic E-state index is 11.9. The zero-order valence-corrected chi connectivity index (χ0v) is 9.19. The second-order valence-electron chi connectivity index (χ2n) is 3.70. The van der Waals surface area contributed by atoms with Crippen molar-refractivity contribution in [2.45, 2.75) is 24.5 Å². The predicted octanol–water partition coefficient (Wildman–Crippen LogP) is 0.689. The Kier molecular flexibility index (Phi) is 3.62. The third-order valence-corrected chi connectivity index (χ3v) is 3.99. The summed E-state index contributed by atoms with van der Waals surface area (Å²) in [5.41, 5.74) is 5.41. The number of thioether (sulfide) groups is 1. The van der Waals surface area contributed by atoms with E-state index in [1.54, 1.807) is 16.7 Å². The first-order valence-corrected chi connectivity index (χ1v) is 5.68. The summed E-state index contributed by atoms with van der Waals surface area (Å²) in [5.74, 6) is 1.35. The van der Waals surface area contributed by atoms with E-state index in [4.69, 9.17) is 5.73 Å². The van der Waals surface area contributed by atoms with Crippen LogP contribution in [0.3, 0.4) is 0 Å². The van der Waals surface area contributed by atoms with E-state index in [0.717, 1.165) is 18.6 Å². The number of hydrogen-bond donors (Lipinski definition) is 1. The zero-order chi connectivity index (χ0) is 9.90. The molecular weight excluding hydrogens is 184 g/mol. The minimum Gasteiger partial charge on any atom is -0.343 e. The quantitative estimate of drug-likeness (QED) is 0.732. The second-order valence-corrected chi connectivity index (χ2v) is 5.30. The molecule has 0 aromatic carbocycles. The second kappa shape index (κ2) is 4.33. The third kappa shape index (κ3) is 2.38. The van der Waals surface area contributed by atoms with Crippen molar-refractivity contribution in [3.63, 3.8) is 0 Å². The van der Waals surface area contributed by atoms with Crippen molar-refractivity contribution in [2.75, 3.05) is 25.9 Å². The molecule has 2 N–H and O–H groups in total. The Hall–Kier alpha value is -0.220. The summed E-state index contributed by atoms with van der Waals surface area (Å²) in [6, 6.07) is 0. The number of carbonyl (C=O) groups excluding carboxylic acids is 1. The molecule has 0 saturated carbocycles. The molecule has 13 heavy (non-hydrogen) atoms. The lowest BCUT2D eigenvalue weighted by Crippen LogP contribution is -2.43. The molecule has 1 aliphatic rings. The van der Waals surface area contributed by atoms with E-state index >= 15 is 0 Å². The van der Waals surface area contributed by atoms with Crippen LogP contribution in [-0.2, 0) is 4.79 Å². The van der Waals surface area contributed by atoms with E-state index in [9.17, 15) is 4.79 Å². The molecule has 1 heterocycles. The normalized spacial score (nSPS) is 27.6. The van der Waals surface area contributed by atoms with Crippen LogP contribution in [0.4, 0.5) is 0 Å². The fraction of sp³-hybridized carbons (Fsp3) is 0.889. The lowest BCUT2D eigenvalue weighted by Gasteiger charge is -2.27. The van der Waals surface area contributed by atoms with E-state index in [1.165, 1.54) is 0 Å². The maximum Gasteiger partial charge on any atom is 0.238 e. The highest BCUT2D eigenvalue weighted by molar-refractivity contribution is 8.01. The van der Waals surface area contributed by atoms with E-state index in [1.807, 2.05) is 14.0 Å². The van der Waals surface area contributed by atoms with Crippen molar-refractivity contribution in [3.05, 3.63) is 0 Å². The molecule has 1 aliphatic heterocycles. The van der Waals surface area contributed by atoms with Gasteiger partial charge in [-0.3, -0.25) is 4.79 Å². The molecule has 0 radical (unpaired) electrons. The first-order chi connectivity index (χ1) is 6.10. The highest BCUT2D eigenvalue weighted by Crippen LogP contribution is 2.38. The Morgan fingerprint density at radius 2 is 2.38 bits per heavy atom. The van der Waals surface area contributed by atoms with Crippen LogP contribution in [0.25, 0.3) is 0 Å². The highest BCUT2D eigenvalue weighted by Gasteiger charge is 2.38. The molecule has 0 spiro atoms. The number of amides is 1. The molecule has 0 aliphatic carbocycles. The smallest absolute Gasteiger partial charge is 0.238 e. The lowest BCUT2D eigenvalue weighted by atomic mass is 10.0. The molecule has 1 atom stereocenters. The summed E-state index contributed by atoms with van der Waals surface area (Å²) in [5, 5.41) is 0. The van der Waals surface area contributed by atoms with Gasteiger partial charge in [-0.15, -0.1) is 11.8 Å². The molecule has 1 rings (SSSR count). The van der Waals surface area contributed by atoms with Crippen LogP contribution in [-0.4, -0.2) is 41.4 Å². The standard InChI is InChI=1S/C9H18N2OS/c1-9(4-3-7-13-9)8(12)11(2)6-5-10/h3-7,10H2,1-2H3. The van der Waals surface area contributed by atoms with Gasteiger partial charge in [-0.2, -0.15) is 0 Å². The summed E-state index contributed by atoms with van der Waals surface area (Å²) < 4.78 is -0.177. The van der Waals surface area contributed by atoms with Gasteiger partial charge in [-0.25, -0.2) is 0 Å². The van der Waals surface area contributed by atoms with Gasteiger partial charge in [0.1, 0.15) is 0 Å². The Morgan fingerprint density at radius 1 is 1.69 bits per heavy atom. The zero-order valence-electron chi connectivity index (χ0n) is 8.38. The van der Waals surface area contributed by atoms with Gasteiger partial charge >= 0.3 is 0 Å². The SMILES string of the molecule is CN(CCN)C(=O)C1(C)CCCS1. The first kappa shape index (κ1) is 10.9. The average Bonchev–Trinajstić information content (AvgIpc) is 2.52. The summed E-state index contributed by atoms with van der Waals surface area (Å²) in [6.45, 7) is 3.25. The van der Waals surface area contributed by atoms with Crippen LogP contribution in [0.15, 0.2) is 0 Å². The summed E-state index contributed by atoms with van der Waals surface area (Å²) in [4.78, 5) is 13.7. The molecule has 4 heteroatoms. The molecule has 0 bridgehead atoms. The van der Waals surface area contributed by atoms with Gasteiger partial charge in [0.2, 0.25) is 5.91 Å². The van der Waals surface area contributed by atoms with E-state index in [2.05, 4.69) is 0 Å². The van der Waals surface area contributed by atoms with Crippen LogP contribution < -0.4 is 5.73 Å². The van der Waals surface area contributed by atoms with Gasteiger partial charge < -0.3 is 10.6 Å². The lowest BCUT2D eigenvalue weighted by molar-refractivity contribution is -0.132. The number of likely N-dealkylation sites (N-methyl/N-ethyl adjacent to an activating group) is 1. The van der Waals surface area contributed by atoms with E-state index < -0.39 is 0 Å². The third-order valence-electron chi connectivity index (χ3n) is 2.48. The summed E-state index contributed by atoms with van der Waals surface area (Å²) in [6.07, 6.45) is 2.16. The summed E-state index contributed by atoms with van der Waals surface area (Å²) in [7, 11) is 1.83. The van der Waals surface area contributed by atoms with Crippen LogP contribution >= 0.6 is 11.8 Å². The Bertz CT molecular complexity index is 190. The minimum atomic E-state index is -0.177. The van der Waals surface area contributed by atoms with Gasteiger partial charge in [0, 0.05) is 20.1 Å². The monoisotopic (exact) mass is 202 g/mol. The van der Waals surface area contributed by atoms with Crippen LogP contribution in [0.2, 0.25) is 0 Å². The summed E-state index contributed by atoms with van der Waals surface area (Å²) >= 11 is 1.77. The van der Waals surface area contributed by atoms with Crippen molar-refractivity contribution in [1.29, 1.82) is 0 Å². The molecule has 1 saturated heterocycles. The topological polar surface area (TPSA) is 46.3 Å². The van der Waals surface area contributed by atoms with Crippen molar-refractivity contribution in [2.24, 2.45) is 5.73 Å². The predicted molar refractivity (Wildman–Crippen MR) is 56.8 cm³/mol. The van der Waals surface area contributed by atoms with Crippen LogP contribution in [0.5, 0.6) is 0 Å². The van der Waals surface area contributed by atoms with Crippen molar-refractivity contribution in [3.8, 4) is 0 Å². The number of rotatable bonds is 3. The molecule has 0 aromatic heterocycles. The average molecular weight is 202 g/mol. The number of hydrogen-bond acceptors (Lipinski definition) is 3. The fourth-order valence-corrected chi connectivity index (χ4v) is 2.95. The molecule has 3 nitrogen and oxygen atoms in total. The maximum atomic E-state index is 11.9. The Balaban J connectivity index is 2.54. The van der Waals surface area contributed by atoms with Crippen molar-refractivity contribution >= 4 is 17.7 Å². The number of nitrogens with two attached hydrogens (primary N) is 1. The fourth-order valence-electron chi connectivity index (χ4n) is 1.65. The molecule has 1 amide bonds. The van der Waals surface area contributed by atoms with Gasteiger partial charge in [-0.05, 0) is 25.5 Å².